The Morgan fingerprint density at radius 1 is 0.375 bits per heavy atom. The van der Waals surface area contributed by atoms with Crippen LogP contribution < -0.4 is 4.90 Å². The molecule has 0 aliphatic rings. The Bertz CT molecular complexity index is 2530. The molecule has 0 saturated carbocycles. The summed E-state index contributed by atoms with van der Waals surface area (Å²) in [5, 5.41) is 5.00. The van der Waals surface area contributed by atoms with Crippen molar-refractivity contribution in [3.8, 4) is 33.4 Å². The second-order valence-electron chi connectivity index (χ2n) is 12.1. The summed E-state index contributed by atoms with van der Waals surface area (Å²) in [6.45, 7) is 0. The highest BCUT2D eigenvalue weighted by Crippen LogP contribution is 2.39. The van der Waals surface area contributed by atoms with E-state index in [0.717, 1.165) is 17.1 Å². The number of fused-ring (bicyclic) bond motifs is 4. The first-order chi connectivity index (χ1) is 23.8. The lowest BCUT2D eigenvalue weighted by molar-refractivity contribution is 1.28. The molecule has 0 aliphatic heterocycles. The van der Waals surface area contributed by atoms with Crippen LogP contribution in [0.4, 0.5) is 17.1 Å². The molecule has 0 aliphatic carbocycles. The summed E-state index contributed by atoms with van der Waals surface area (Å²) in [5.41, 5.74) is 10.6. The molecule has 0 bridgehead atoms. The highest BCUT2D eigenvalue weighted by atomic mass is 32.1. The van der Waals surface area contributed by atoms with Crippen molar-refractivity contribution in [2.75, 3.05) is 4.90 Å². The van der Waals surface area contributed by atoms with Crippen molar-refractivity contribution in [1.82, 2.24) is 4.98 Å². The fourth-order valence-corrected chi connectivity index (χ4v) is 7.77. The van der Waals surface area contributed by atoms with Crippen molar-refractivity contribution in [2.24, 2.45) is 0 Å². The Balaban J connectivity index is 1.08. The second-order valence-corrected chi connectivity index (χ2v) is 13.2. The average Bonchev–Trinajstić information content (AvgIpc) is 3.54. The molecule has 48 heavy (non-hydrogen) atoms. The smallest absolute Gasteiger partial charge is 0.0462 e. The molecule has 0 fully saturated rings. The molecule has 0 radical (unpaired) electrons. The average molecular weight is 631 g/mol. The van der Waals surface area contributed by atoms with Crippen molar-refractivity contribution < 1.29 is 0 Å². The van der Waals surface area contributed by atoms with Crippen LogP contribution in [-0.4, -0.2) is 4.98 Å². The molecular formula is C45H30N2S. The van der Waals surface area contributed by atoms with Gasteiger partial charge in [-0.15, -0.1) is 11.3 Å². The van der Waals surface area contributed by atoms with Gasteiger partial charge in [-0.25, -0.2) is 0 Å². The summed E-state index contributed by atoms with van der Waals surface area (Å²) < 4.78 is 2.55. The standard InChI is InChI=1S/C45H30N2S/c1-2-6-31(7-3-1)33-12-19-39(20-13-33)47(40-21-14-34(15-22-40)37-11-10-32-8-4-5-9-36(32)28-37)41-23-16-35(17-24-41)38-18-25-42-43-30-46-27-26-44(43)48-45(42)29-38/h1-30H. The summed E-state index contributed by atoms with van der Waals surface area (Å²) in [6, 6.07) is 61.4. The van der Waals surface area contributed by atoms with Gasteiger partial charge in [-0.05, 0) is 98.8 Å². The van der Waals surface area contributed by atoms with E-state index < -0.39 is 0 Å². The van der Waals surface area contributed by atoms with Crippen LogP contribution in [0.1, 0.15) is 0 Å². The van der Waals surface area contributed by atoms with Gasteiger partial charge in [0.05, 0.1) is 0 Å². The monoisotopic (exact) mass is 630 g/mol. The summed E-state index contributed by atoms with van der Waals surface area (Å²) in [5.74, 6) is 0. The Labute approximate surface area is 283 Å². The fraction of sp³-hybridized carbons (Fsp3) is 0. The third kappa shape index (κ3) is 5.21. The van der Waals surface area contributed by atoms with E-state index >= 15 is 0 Å². The van der Waals surface area contributed by atoms with E-state index in [1.165, 1.54) is 64.3 Å². The van der Waals surface area contributed by atoms with Crippen molar-refractivity contribution in [2.45, 2.75) is 0 Å². The molecule has 2 heterocycles. The van der Waals surface area contributed by atoms with Crippen molar-refractivity contribution in [3.05, 3.63) is 182 Å². The van der Waals surface area contributed by atoms with Gasteiger partial charge in [0, 0.05) is 49.6 Å². The predicted molar refractivity (Wildman–Crippen MR) is 206 cm³/mol. The molecule has 0 N–H and O–H groups in total. The van der Waals surface area contributed by atoms with Crippen LogP contribution in [0.15, 0.2) is 182 Å². The highest BCUT2D eigenvalue weighted by molar-refractivity contribution is 7.25. The Hall–Kier alpha value is -6.03. The van der Waals surface area contributed by atoms with Crippen molar-refractivity contribution >= 4 is 59.3 Å². The van der Waals surface area contributed by atoms with Crippen LogP contribution in [0.25, 0.3) is 64.3 Å². The van der Waals surface area contributed by atoms with E-state index in [1.54, 1.807) is 0 Å². The summed E-state index contributed by atoms with van der Waals surface area (Å²) in [7, 11) is 0. The van der Waals surface area contributed by atoms with Crippen LogP contribution in [0, 0.1) is 0 Å². The molecular weight excluding hydrogens is 601 g/mol. The van der Waals surface area contributed by atoms with E-state index in [4.69, 9.17) is 0 Å². The molecule has 2 nitrogen and oxygen atoms in total. The summed E-state index contributed by atoms with van der Waals surface area (Å²) in [6.07, 6.45) is 3.84. The number of rotatable bonds is 6. The number of anilines is 3. The molecule has 7 aromatic carbocycles. The van der Waals surface area contributed by atoms with Gasteiger partial charge in [-0.1, -0.05) is 115 Å². The molecule has 0 atom stereocenters. The van der Waals surface area contributed by atoms with Crippen LogP contribution in [-0.2, 0) is 0 Å². The maximum atomic E-state index is 4.35. The molecule has 0 amide bonds. The lowest BCUT2D eigenvalue weighted by Crippen LogP contribution is -2.09. The summed E-state index contributed by atoms with van der Waals surface area (Å²) >= 11 is 1.82. The van der Waals surface area contributed by atoms with Gasteiger partial charge >= 0.3 is 0 Å². The minimum absolute atomic E-state index is 1.11. The lowest BCUT2D eigenvalue weighted by atomic mass is 10.0. The molecule has 2 aromatic heterocycles. The molecule has 9 rings (SSSR count). The molecule has 3 heteroatoms. The first kappa shape index (κ1) is 28.2. The normalized spacial score (nSPS) is 11.3. The van der Waals surface area contributed by atoms with Crippen LogP contribution in [0.3, 0.4) is 0 Å². The number of aromatic nitrogens is 1. The number of pyridine rings is 1. The topological polar surface area (TPSA) is 16.1 Å². The zero-order valence-electron chi connectivity index (χ0n) is 26.1. The molecule has 226 valence electrons. The largest absolute Gasteiger partial charge is 0.311 e. The number of nitrogens with zero attached hydrogens (tertiary/aromatic N) is 2. The minimum atomic E-state index is 1.11. The Kier molecular flexibility index (Phi) is 7.03. The maximum absolute atomic E-state index is 4.35. The van der Waals surface area contributed by atoms with Gasteiger partial charge in [-0.3, -0.25) is 4.98 Å². The van der Waals surface area contributed by atoms with Crippen LogP contribution in [0.2, 0.25) is 0 Å². The van der Waals surface area contributed by atoms with Crippen LogP contribution in [0.5, 0.6) is 0 Å². The highest BCUT2D eigenvalue weighted by Gasteiger charge is 2.14. The van der Waals surface area contributed by atoms with Gasteiger partial charge in [0.1, 0.15) is 0 Å². The molecule has 9 aromatic rings. The number of thiophene rings is 1. The van der Waals surface area contributed by atoms with Crippen LogP contribution >= 0.6 is 11.3 Å². The predicted octanol–water partition coefficient (Wildman–Crippen LogP) is 13.1. The summed E-state index contributed by atoms with van der Waals surface area (Å²) in [4.78, 5) is 6.68. The first-order valence-corrected chi connectivity index (χ1v) is 17.0. The fourth-order valence-electron chi connectivity index (χ4n) is 6.66. The second kappa shape index (κ2) is 12.0. The number of hydrogen-bond acceptors (Lipinski definition) is 3. The van der Waals surface area contributed by atoms with Gasteiger partial charge in [-0.2, -0.15) is 0 Å². The van der Waals surface area contributed by atoms with E-state index in [9.17, 15) is 0 Å². The molecule has 0 spiro atoms. The quantitative estimate of drug-likeness (QED) is 0.182. The number of benzene rings is 7. The van der Waals surface area contributed by atoms with E-state index in [0.29, 0.717) is 0 Å². The van der Waals surface area contributed by atoms with Gasteiger partial charge in [0.25, 0.3) is 0 Å². The van der Waals surface area contributed by atoms with Gasteiger partial charge < -0.3 is 4.90 Å². The third-order valence-corrected chi connectivity index (χ3v) is 10.3. The zero-order valence-corrected chi connectivity index (χ0v) is 26.9. The van der Waals surface area contributed by atoms with Crippen molar-refractivity contribution in [3.63, 3.8) is 0 Å². The van der Waals surface area contributed by atoms with Crippen molar-refractivity contribution in [1.29, 1.82) is 0 Å². The van der Waals surface area contributed by atoms with E-state index in [-0.39, 0.29) is 0 Å². The van der Waals surface area contributed by atoms with Gasteiger partial charge in [0.2, 0.25) is 0 Å². The SMILES string of the molecule is c1ccc(-c2ccc(N(c3ccc(-c4ccc5ccccc5c4)cc3)c3ccc(-c4ccc5c(c4)sc4ccncc45)cc3)cc2)cc1. The third-order valence-electron chi connectivity index (χ3n) is 9.17. The van der Waals surface area contributed by atoms with E-state index in [1.807, 2.05) is 23.7 Å². The van der Waals surface area contributed by atoms with Gasteiger partial charge in [0.15, 0.2) is 0 Å². The first-order valence-electron chi connectivity index (χ1n) is 16.2. The molecule has 0 saturated heterocycles. The maximum Gasteiger partial charge on any atom is 0.0462 e. The molecule has 0 unspecified atom stereocenters. The Morgan fingerprint density at radius 3 is 1.56 bits per heavy atom. The minimum Gasteiger partial charge on any atom is -0.311 e. The van der Waals surface area contributed by atoms with E-state index in [2.05, 4.69) is 180 Å². The lowest BCUT2D eigenvalue weighted by Gasteiger charge is -2.26. The number of hydrogen-bond donors (Lipinski definition) is 0. The Morgan fingerprint density at radius 2 is 0.896 bits per heavy atom. The zero-order chi connectivity index (χ0) is 31.9.